The molecule has 0 spiro atoms. The Hall–Kier alpha value is -2.05. The highest BCUT2D eigenvalue weighted by atomic mass is 32.2. The second kappa shape index (κ2) is 7.76. The number of carbonyl (C=O) groups excluding carboxylic acids is 1. The molecule has 144 valence electrons. The summed E-state index contributed by atoms with van der Waals surface area (Å²) in [6.07, 6.45) is 2.17. The summed E-state index contributed by atoms with van der Waals surface area (Å²) in [5, 5.41) is 1.18. The van der Waals surface area contributed by atoms with E-state index in [1.54, 1.807) is 11.3 Å². The third-order valence-corrected chi connectivity index (χ3v) is 7.83. The van der Waals surface area contributed by atoms with Crippen LogP contribution in [0.2, 0.25) is 0 Å². The van der Waals surface area contributed by atoms with Crippen molar-refractivity contribution in [3.8, 4) is 0 Å². The molecule has 0 saturated carbocycles. The normalized spacial score (nSPS) is 19.6. The van der Waals surface area contributed by atoms with Crippen LogP contribution < -0.4 is 4.90 Å². The monoisotopic (exact) mass is 409 g/mol. The highest BCUT2D eigenvalue weighted by Crippen LogP contribution is 2.35. The van der Waals surface area contributed by atoms with Gasteiger partial charge in [0, 0.05) is 36.2 Å². The van der Waals surface area contributed by atoms with Crippen molar-refractivity contribution in [3.05, 3.63) is 53.5 Å². The Kier molecular flexibility index (Phi) is 4.99. The van der Waals surface area contributed by atoms with Crippen LogP contribution in [0.3, 0.4) is 0 Å². The van der Waals surface area contributed by atoms with E-state index < -0.39 is 0 Å². The van der Waals surface area contributed by atoms with E-state index in [1.165, 1.54) is 20.3 Å². The second-order valence-electron chi connectivity index (χ2n) is 7.44. The van der Waals surface area contributed by atoms with Gasteiger partial charge in [-0.25, -0.2) is 4.98 Å². The molecule has 3 aromatic rings. The molecule has 2 aromatic carbocycles. The first-order valence-corrected chi connectivity index (χ1v) is 11.7. The third kappa shape index (κ3) is 3.51. The van der Waals surface area contributed by atoms with Gasteiger partial charge in [-0.15, -0.1) is 23.1 Å². The maximum absolute atomic E-state index is 13.1. The lowest BCUT2D eigenvalue weighted by atomic mass is 9.98. The minimum atomic E-state index is 0.243. The average Bonchev–Trinajstić information content (AvgIpc) is 3.18. The fraction of sp³-hybridized carbons (Fsp3) is 0.364. The van der Waals surface area contributed by atoms with Crippen LogP contribution in [0.1, 0.15) is 23.8 Å². The third-order valence-electron chi connectivity index (χ3n) is 5.58. The van der Waals surface area contributed by atoms with Crippen LogP contribution in [0.5, 0.6) is 0 Å². The number of thioether (sulfide) groups is 1. The van der Waals surface area contributed by atoms with E-state index >= 15 is 0 Å². The molecule has 0 aliphatic carbocycles. The number of anilines is 1. The van der Waals surface area contributed by atoms with Gasteiger partial charge >= 0.3 is 0 Å². The number of piperidine rings is 1. The maximum atomic E-state index is 13.1. The SMILES string of the molecule is O=C(CN1CCSc2ccccc21)N1CCCC(c2nc3ccccc3s2)C1. The second-order valence-corrected chi connectivity index (χ2v) is 9.64. The van der Waals surface area contributed by atoms with Crippen LogP contribution >= 0.6 is 23.1 Å². The van der Waals surface area contributed by atoms with Crippen molar-refractivity contribution in [1.82, 2.24) is 9.88 Å². The summed E-state index contributed by atoms with van der Waals surface area (Å²) in [4.78, 5) is 23.5. The van der Waals surface area contributed by atoms with Crippen molar-refractivity contribution >= 4 is 44.9 Å². The van der Waals surface area contributed by atoms with Crippen LogP contribution in [-0.2, 0) is 4.79 Å². The van der Waals surface area contributed by atoms with Crippen molar-refractivity contribution in [3.63, 3.8) is 0 Å². The van der Waals surface area contributed by atoms with Crippen molar-refractivity contribution in [2.45, 2.75) is 23.7 Å². The Morgan fingerprint density at radius 1 is 1.11 bits per heavy atom. The fourth-order valence-electron chi connectivity index (χ4n) is 4.12. The van der Waals surface area contributed by atoms with Crippen molar-refractivity contribution in [2.75, 3.05) is 36.8 Å². The van der Waals surface area contributed by atoms with Crippen LogP contribution in [0.4, 0.5) is 5.69 Å². The Bertz CT molecular complexity index is 969. The molecule has 0 bridgehead atoms. The van der Waals surface area contributed by atoms with Gasteiger partial charge in [-0.2, -0.15) is 0 Å². The molecule has 0 radical (unpaired) electrons. The minimum Gasteiger partial charge on any atom is -0.360 e. The van der Waals surface area contributed by atoms with Gasteiger partial charge in [-0.05, 0) is 37.1 Å². The van der Waals surface area contributed by atoms with Crippen molar-refractivity contribution in [2.24, 2.45) is 0 Å². The largest absolute Gasteiger partial charge is 0.360 e. The first kappa shape index (κ1) is 18.0. The summed E-state index contributed by atoms with van der Waals surface area (Å²) in [5.74, 6) is 1.64. The van der Waals surface area contributed by atoms with Gasteiger partial charge in [0.25, 0.3) is 0 Å². The molecule has 28 heavy (non-hydrogen) atoms. The molecule has 5 rings (SSSR count). The maximum Gasteiger partial charge on any atom is 0.242 e. The number of rotatable bonds is 3. The Balaban J connectivity index is 1.29. The number of hydrogen-bond donors (Lipinski definition) is 0. The highest BCUT2D eigenvalue weighted by Gasteiger charge is 2.28. The van der Waals surface area contributed by atoms with Crippen LogP contribution in [0.25, 0.3) is 10.2 Å². The predicted molar refractivity (Wildman–Crippen MR) is 118 cm³/mol. The Morgan fingerprint density at radius 2 is 1.96 bits per heavy atom. The van der Waals surface area contributed by atoms with E-state index in [-0.39, 0.29) is 5.91 Å². The molecular weight excluding hydrogens is 386 g/mol. The number of thiazole rings is 1. The number of hydrogen-bond acceptors (Lipinski definition) is 5. The first-order valence-electron chi connectivity index (χ1n) is 9.88. The van der Waals surface area contributed by atoms with Gasteiger partial charge in [0.1, 0.15) is 0 Å². The molecule has 1 aromatic heterocycles. The smallest absolute Gasteiger partial charge is 0.242 e. The summed E-state index contributed by atoms with van der Waals surface area (Å²) < 4.78 is 1.24. The van der Waals surface area contributed by atoms with Crippen LogP contribution in [-0.4, -0.2) is 47.7 Å². The zero-order valence-corrected chi connectivity index (χ0v) is 17.3. The molecule has 1 saturated heterocycles. The standard InChI is InChI=1S/C22H23N3OS2/c26-21(15-24-12-13-27-20-10-4-2-8-18(20)24)25-11-5-6-16(14-25)22-23-17-7-1-3-9-19(17)28-22/h1-4,7-10,16H,5-6,11-15H2. The lowest BCUT2D eigenvalue weighted by molar-refractivity contribution is -0.130. The number of amides is 1. The van der Waals surface area contributed by atoms with Gasteiger partial charge in [-0.3, -0.25) is 4.79 Å². The molecule has 2 aliphatic heterocycles. The molecule has 1 atom stereocenters. The van der Waals surface area contributed by atoms with E-state index in [1.807, 2.05) is 17.8 Å². The summed E-state index contributed by atoms with van der Waals surface area (Å²) >= 11 is 3.66. The van der Waals surface area contributed by atoms with E-state index in [4.69, 9.17) is 4.98 Å². The van der Waals surface area contributed by atoms with Crippen LogP contribution in [0, 0.1) is 0 Å². The summed E-state index contributed by atoms with van der Waals surface area (Å²) in [6.45, 7) is 3.07. The number of benzene rings is 2. The highest BCUT2D eigenvalue weighted by molar-refractivity contribution is 7.99. The van der Waals surface area contributed by atoms with E-state index in [9.17, 15) is 4.79 Å². The topological polar surface area (TPSA) is 36.4 Å². The molecule has 2 aliphatic rings. The van der Waals surface area contributed by atoms with E-state index in [2.05, 4.69) is 52.3 Å². The summed E-state index contributed by atoms with van der Waals surface area (Å²) in [7, 11) is 0. The quantitative estimate of drug-likeness (QED) is 0.633. The molecule has 4 nitrogen and oxygen atoms in total. The number of aromatic nitrogens is 1. The van der Waals surface area contributed by atoms with Gasteiger partial charge in [-0.1, -0.05) is 24.3 Å². The number of nitrogens with zero attached hydrogens (tertiary/aromatic N) is 3. The number of carbonyl (C=O) groups is 1. The lowest BCUT2D eigenvalue weighted by Crippen LogP contribution is -2.45. The zero-order chi connectivity index (χ0) is 18.9. The number of likely N-dealkylation sites (tertiary alicyclic amines) is 1. The van der Waals surface area contributed by atoms with Gasteiger partial charge < -0.3 is 9.80 Å². The predicted octanol–water partition coefficient (Wildman–Crippen LogP) is 4.61. The Morgan fingerprint density at radius 3 is 2.89 bits per heavy atom. The molecule has 0 N–H and O–H groups in total. The minimum absolute atomic E-state index is 0.243. The van der Waals surface area contributed by atoms with Gasteiger partial charge in [0.05, 0.1) is 27.5 Å². The number of para-hydroxylation sites is 2. The van der Waals surface area contributed by atoms with E-state index in [0.717, 1.165) is 43.7 Å². The molecule has 3 heterocycles. The molecule has 6 heteroatoms. The van der Waals surface area contributed by atoms with Crippen molar-refractivity contribution < 1.29 is 4.79 Å². The molecule has 1 unspecified atom stereocenters. The Labute approximate surface area is 173 Å². The van der Waals surface area contributed by atoms with E-state index in [0.29, 0.717) is 12.5 Å². The zero-order valence-electron chi connectivity index (χ0n) is 15.7. The summed E-state index contributed by atoms with van der Waals surface area (Å²) in [5.41, 5.74) is 2.28. The molecular formula is C22H23N3OS2. The summed E-state index contributed by atoms with van der Waals surface area (Å²) in [6, 6.07) is 16.7. The molecule has 1 fully saturated rings. The number of fused-ring (bicyclic) bond motifs is 2. The average molecular weight is 410 g/mol. The van der Waals surface area contributed by atoms with Crippen LogP contribution in [0.15, 0.2) is 53.4 Å². The first-order chi connectivity index (χ1) is 13.8. The van der Waals surface area contributed by atoms with Gasteiger partial charge in [0.2, 0.25) is 5.91 Å². The lowest BCUT2D eigenvalue weighted by Gasteiger charge is -2.35. The van der Waals surface area contributed by atoms with Crippen molar-refractivity contribution in [1.29, 1.82) is 0 Å². The fourth-order valence-corrected chi connectivity index (χ4v) is 6.27. The van der Waals surface area contributed by atoms with Gasteiger partial charge in [0.15, 0.2) is 0 Å². The molecule has 1 amide bonds.